The number of carbonyl (C=O) groups is 1. The van der Waals surface area contributed by atoms with Gasteiger partial charge in [0.15, 0.2) is 0 Å². The van der Waals surface area contributed by atoms with Crippen LogP contribution in [0.25, 0.3) is 0 Å². The summed E-state index contributed by atoms with van der Waals surface area (Å²) >= 11 is 0. The highest BCUT2D eigenvalue weighted by atomic mass is 32.2. The van der Waals surface area contributed by atoms with Crippen molar-refractivity contribution in [2.24, 2.45) is 0 Å². The topological polar surface area (TPSA) is 66.5 Å². The Hall–Kier alpha value is -1.56. The van der Waals surface area contributed by atoms with Crippen molar-refractivity contribution in [1.82, 2.24) is 5.32 Å². The molecule has 0 unspecified atom stereocenters. The summed E-state index contributed by atoms with van der Waals surface area (Å²) < 4.78 is 25.6. The molecule has 21 heavy (non-hydrogen) atoms. The van der Waals surface area contributed by atoms with E-state index in [0.717, 1.165) is 19.3 Å². The fraction of sp³-hybridized carbons (Fsp3) is 0.533. The van der Waals surface area contributed by atoms with Crippen LogP contribution < -0.4 is 9.62 Å². The standard InChI is InChI=1S/C15H22N2O3S/c1-2-3-9-16-15(18)13-7-6-8-14(12-13)17-10-4-5-11-21(17,19)20/h6-8,12H,2-5,9-11H2,1H3,(H,16,18). The third-order valence-corrected chi connectivity index (χ3v) is 5.43. The average Bonchev–Trinajstić information content (AvgIpc) is 2.47. The van der Waals surface area contributed by atoms with Gasteiger partial charge in [-0.05, 0) is 37.5 Å². The van der Waals surface area contributed by atoms with Crippen LogP contribution in [0.5, 0.6) is 0 Å². The molecule has 2 rings (SSSR count). The lowest BCUT2D eigenvalue weighted by Crippen LogP contribution is -2.38. The first kappa shape index (κ1) is 15.8. The van der Waals surface area contributed by atoms with Crippen molar-refractivity contribution in [2.45, 2.75) is 32.6 Å². The summed E-state index contributed by atoms with van der Waals surface area (Å²) in [4.78, 5) is 12.0. The van der Waals surface area contributed by atoms with Crippen LogP contribution in [0.4, 0.5) is 5.69 Å². The van der Waals surface area contributed by atoms with Crippen molar-refractivity contribution < 1.29 is 13.2 Å². The minimum Gasteiger partial charge on any atom is -0.352 e. The van der Waals surface area contributed by atoms with Crippen LogP contribution in [0, 0.1) is 0 Å². The summed E-state index contributed by atoms with van der Waals surface area (Å²) in [5, 5.41) is 2.84. The minimum absolute atomic E-state index is 0.153. The van der Waals surface area contributed by atoms with Gasteiger partial charge in [0.25, 0.3) is 5.91 Å². The van der Waals surface area contributed by atoms with E-state index >= 15 is 0 Å². The van der Waals surface area contributed by atoms with E-state index in [4.69, 9.17) is 0 Å². The molecule has 0 aliphatic carbocycles. The van der Waals surface area contributed by atoms with Gasteiger partial charge in [0.1, 0.15) is 0 Å². The van der Waals surface area contributed by atoms with Gasteiger partial charge in [0.05, 0.1) is 11.4 Å². The Morgan fingerprint density at radius 1 is 1.33 bits per heavy atom. The van der Waals surface area contributed by atoms with Gasteiger partial charge in [-0.1, -0.05) is 19.4 Å². The number of carbonyl (C=O) groups excluding carboxylic acids is 1. The van der Waals surface area contributed by atoms with Crippen LogP contribution in [0.2, 0.25) is 0 Å². The summed E-state index contributed by atoms with van der Waals surface area (Å²) in [5.41, 5.74) is 1.09. The van der Waals surface area contributed by atoms with Gasteiger partial charge < -0.3 is 5.32 Å². The van der Waals surface area contributed by atoms with E-state index in [0.29, 0.717) is 30.8 Å². The van der Waals surface area contributed by atoms with Crippen molar-refractivity contribution in [2.75, 3.05) is 23.1 Å². The Labute approximate surface area is 126 Å². The Morgan fingerprint density at radius 2 is 2.14 bits per heavy atom. The zero-order valence-electron chi connectivity index (χ0n) is 12.3. The smallest absolute Gasteiger partial charge is 0.251 e. The fourth-order valence-corrected chi connectivity index (χ4v) is 3.99. The summed E-state index contributed by atoms with van der Waals surface area (Å²) in [7, 11) is -3.24. The number of nitrogens with zero attached hydrogens (tertiary/aromatic N) is 1. The fourth-order valence-electron chi connectivity index (χ4n) is 2.36. The molecule has 0 saturated carbocycles. The molecular formula is C15H22N2O3S. The molecule has 0 atom stereocenters. The minimum atomic E-state index is -3.24. The predicted molar refractivity (Wildman–Crippen MR) is 84.1 cm³/mol. The maximum atomic E-state index is 12.1. The monoisotopic (exact) mass is 310 g/mol. The van der Waals surface area contributed by atoms with Gasteiger partial charge in [-0.2, -0.15) is 0 Å². The van der Waals surface area contributed by atoms with Crippen LogP contribution in [-0.2, 0) is 10.0 Å². The third-order valence-electron chi connectivity index (χ3n) is 3.56. The molecule has 0 spiro atoms. The molecule has 1 N–H and O–H groups in total. The molecule has 0 bridgehead atoms. The summed E-state index contributed by atoms with van der Waals surface area (Å²) in [5.74, 6) is 0.0274. The molecule has 1 aliphatic rings. The Morgan fingerprint density at radius 3 is 2.86 bits per heavy atom. The number of rotatable bonds is 5. The quantitative estimate of drug-likeness (QED) is 0.847. The molecule has 1 heterocycles. The van der Waals surface area contributed by atoms with Gasteiger partial charge in [0.2, 0.25) is 10.0 Å². The highest BCUT2D eigenvalue weighted by molar-refractivity contribution is 7.92. The average molecular weight is 310 g/mol. The van der Waals surface area contributed by atoms with Crippen LogP contribution >= 0.6 is 0 Å². The number of amides is 1. The van der Waals surface area contributed by atoms with E-state index < -0.39 is 10.0 Å². The zero-order valence-corrected chi connectivity index (χ0v) is 13.2. The lowest BCUT2D eigenvalue weighted by molar-refractivity contribution is 0.0953. The lowest BCUT2D eigenvalue weighted by atomic mass is 10.2. The second kappa shape index (κ2) is 6.93. The maximum Gasteiger partial charge on any atom is 0.251 e. The van der Waals surface area contributed by atoms with Crippen LogP contribution in [0.1, 0.15) is 43.0 Å². The third kappa shape index (κ3) is 3.97. The van der Waals surface area contributed by atoms with Crippen molar-refractivity contribution in [3.63, 3.8) is 0 Å². The van der Waals surface area contributed by atoms with Crippen LogP contribution in [-0.4, -0.2) is 33.2 Å². The molecule has 1 aromatic carbocycles. The number of hydrogen-bond acceptors (Lipinski definition) is 3. The largest absolute Gasteiger partial charge is 0.352 e. The normalized spacial score (nSPS) is 17.5. The highest BCUT2D eigenvalue weighted by Gasteiger charge is 2.26. The van der Waals surface area contributed by atoms with E-state index in [9.17, 15) is 13.2 Å². The van der Waals surface area contributed by atoms with Crippen molar-refractivity contribution in [3.8, 4) is 0 Å². The highest BCUT2D eigenvalue weighted by Crippen LogP contribution is 2.24. The zero-order chi connectivity index (χ0) is 15.3. The van der Waals surface area contributed by atoms with E-state index in [-0.39, 0.29) is 11.7 Å². The Bertz CT molecular complexity index is 599. The van der Waals surface area contributed by atoms with E-state index in [1.165, 1.54) is 4.31 Å². The summed E-state index contributed by atoms with van der Waals surface area (Å²) in [6, 6.07) is 6.84. The number of nitrogens with one attached hydrogen (secondary N) is 1. The molecular weight excluding hydrogens is 288 g/mol. The molecule has 0 radical (unpaired) electrons. The number of unbranched alkanes of at least 4 members (excludes halogenated alkanes) is 1. The molecule has 1 aliphatic heterocycles. The second-order valence-electron chi connectivity index (χ2n) is 5.26. The van der Waals surface area contributed by atoms with Crippen molar-refractivity contribution in [1.29, 1.82) is 0 Å². The molecule has 1 fully saturated rings. The van der Waals surface area contributed by atoms with E-state index in [1.807, 2.05) is 0 Å². The molecule has 116 valence electrons. The summed E-state index contributed by atoms with van der Waals surface area (Å²) in [6.45, 7) is 3.19. The summed E-state index contributed by atoms with van der Waals surface area (Å²) in [6.07, 6.45) is 3.51. The molecule has 5 nitrogen and oxygen atoms in total. The van der Waals surface area contributed by atoms with Gasteiger partial charge in [0, 0.05) is 18.7 Å². The van der Waals surface area contributed by atoms with Gasteiger partial charge >= 0.3 is 0 Å². The Kier molecular flexibility index (Phi) is 5.22. The predicted octanol–water partition coefficient (Wildman–Crippen LogP) is 2.15. The number of benzene rings is 1. The first-order valence-electron chi connectivity index (χ1n) is 7.43. The van der Waals surface area contributed by atoms with Crippen LogP contribution in [0.3, 0.4) is 0 Å². The molecule has 1 amide bonds. The van der Waals surface area contributed by atoms with Gasteiger partial charge in [-0.15, -0.1) is 0 Å². The molecule has 6 heteroatoms. The first-order chi connectivity index (χ1) is 10.0. The maximum absolute atomic E-state index is 12.1. The van der Waals surface area contributed by atoms with Crippen molar-refractivity contribution >= 4 is 21.6 Å². The first-order valence-corrected chi connectivity index (χ1v) is 9.04. The molecule has 1 saturated heterocycles. The lowest BCUT2D eigenvalue weighted by Gasteiger charge is -2.28. The SMILES string of the molecule is CCCCNC(=O)c1cccc(N2CCCCS2(=O)=O)c1. The molecule has 1 aromatic rings. The van der Waals surface area contributed by atoms with E-state index in [2.05, 4.69) is 12.2 Å². The Balaban J connectivity index is 2.15. The van der Waals surface area contributed by atoms with Gasteiger partial charge in [-0.25, -0.2) is 8.42 Å². The number of sulfonamides is 1. The number of anilines is 1. The van der Waals surface area contributed by atoms with E-state index in [1.54, 1.807) is 24.3 Å². The van der Waals surface area contributed by atoms with Gasteiger partial charge in [-0.3, -0.25) is 9.10 Å². The number of hydrogen-bond donors (Lipinski definition) is 1. The van der Waals surface area contributed by atoms with Crippen molar-refractivity contribution in [3.05, 3.63) is 29.8 Å². The molecule has 0 aromatic heterocycles. The van der Waals surface area contributed by atoms with Crippen LogP contribution in [0.15, 0.2) is 24.3 Å². The second-order valence-corrected chi connectivity index (χ2v) is 7.27.